The van der Waals surface area contributed by atoms with Crippen molar-refractivity contribution < 1.29 is 36.0 Å². The number of aromatic amines is 2. The number of amides is 2. The standard InChI is InChI=1S/C20H19F6N7O3/c1-10(11-6-12(19(21,22)23)17(34)28-7-11)36-31-18(35)33-4-2-32(3-5-33)16-15-14(29-9-30-15)13(8-27-16)20(24,25)26/h6-10H,2-5H2,1H3,(H,28,34)(H,29,30)(H,31,35)/t10-/m1/s1. The van der Waals surface area contributed by atoms with E-state index in [0.29, 0.717) is 12.3 Å². The summed E-state index contributed by atoms with van der Waals surface area (Å²) in [6, 6.07) is -0.0177. The number of hydrogen-bond acceptors (Lipinski definition) is 6. The van der Waals surface area contributed by atoms with Crippen LogP contribution < -0.4 is 15.9 Å². The fourth-order valence-corrected chi connectivity index (χ4v) is 3.71. The minimum atomic E-state index is -4.85. The highest BCUT2D eigenvalue weighted by molar-refractivity contribution is 5.88. The van der Waals surface area contributed by atoms with E-state index in [9.17, 15) is 35.9 Å². The monoisotopic (exact) mass is 519 g/mol. The van der Waals surface area contributed by atoms with Gasteiger partial charge >= 0.3 is 18.4 Å². The molecule has 1 saturated heterocycles. The van der Waals surface area contributed by atoms with Crippen LogP contribution >= 0.6 is 0 Å². The number of pyridine rings is 2. The second-order valence-corrected chi connectivity index (χ2v) is 7.93. The molecule has 1 atom stereocenters. The van der Waals surface area contributed by atoms with Gasteiger partial charge in [0, 0.05) is 44.1 Å². The number of alkyl halides is 6. The van der Waals surface area contributed by atoms with Crippen LogP contribution in [0.25, 0.3) is 11.0 Å². The van der Waals surface area contributed by atoms with Gasteiger partial charge in [-0.2, -0.15) is 26.3 Å². The van der Waals surface area contributed by atoms with Gasteiger partial charge in [0.25, 0.3) is 5.56 Å². The number of anilines is 1. The molecule has 4 heterocycles. The van der Waals surface area contributed by atoms with Crippen LogP contribution in [-0.4, -0.2) is 57.0 Å². The lowest BCUT2D eigenvalue weighted by atomic mass is 10.1. The fourth-order valence-electron chi connectivity index (χ4n) is 3.71. The molecule has 194 valence electrons. The number of carbonyl (C=O) groups excluding carboxylic acids is 1. The van der Waals surface area contributed by atoms with Gasteiger partial charge in [0.2, 0.25) is 0 Å². The average molecular weight is 519 g/mol. The van der Waals surface area contributed by atoms with Crippen molar-refractivity contribution in [1.82, 2.24) is 30.3 Å². The van der Waals surface area contributed by atoms with E-state index in [1.807, 2.05) is 4.98 Å². The van der Waals surface area contributed by atoms with E-state index in [-0.39, 0.29) is 48.6 Å². The highest BCUT2D eigenvalue weighted by atomic mass is 19.4. The molecule has 0 saturated carbocycles. The van der Waals surface area contributed by atoms with Crippen LogP contribution in [-0.2, 0) is 17.2 Å². The number of halogens is 6. The topological polar surface area (TPSA) is 119 Å². The summed E-state index contributed by atoms with van der Waals surface area (Å²) >= 11 is 0. The molecule has 1 aliphatic heterocycles. The Morgan fingerprint density at radius 2 is 1.72 bits per heavy atom. The Bertz CT molecular complexity index is 1310. The van der Waals surface area contributed by atoms with E-state index in [0.717, 1.165) is 12.5 Å². The van der Waals surface area contributed by atoms with Gasteiger partial charge in [-0.3, -0.25) is 9.63 Å². The number of imidazole rings is 1. The number of H-pyrrole nitrogens is 2. The van der Waals surface area contributed by atoms with Crippen molar-refractivity contribution in [3.8, 4) is 0 Å². The SMILES string of the molecule is C[C@@H](ONC(=O)N1CCN(c2ncc(C(F)(F)F)c3nc[nH]c23)CC1)c1c[nH]c(=O)c(C(F)(F)F)c1. The molecular weight excluding hydrogens is 500 g/mol. The molecule has 0 radical (unpaired) electrons. The van der Waals surface area contributed by atoms with Crippen LogP contribution in [0.5, 0.6) is 0 Å². The van der Waals surface area contributed by atoms with Gasteiger partial charge in [-0.1, -0.05) is 0 Å². The molecule has 3 aromatic heterocycles. The van der Waals surface area contributed by atoms with Gasteiger partial charge in [0.05, 0.1) is 6.33 Å². The summed E-state index contributed by atoms with van der Waals surface area (Å²) in [5.74, 6) is 0.263. The summed E-state index contributed by atoms with van der Waals surface area (Å²) in [6.07, 6.45) is -7.56. The number of nitrogens with one attached hydrogen (secondary N) is 3. The molecule has 3 N–H and O–H groups in total. The van der Waals surface area contributed by atoms with Crippen molar-refractivity contribution >= 4 is 22.9 Å². The van der Waals surface area contributed by atoms with Crippen LogP contribution in [0, 0.1) is 0 Å². The lowest BCUT2D eigenvalue weighted by molar-refractivity contribution is -0.139. The summed E-state index contributed by atoms with van der Waals surface area (Å²) in [6.45, 7) is 2.20. The van der Waals surface area contributed by atoms with Gasteiger partial charge in [-0.25, -0.2) is 20.2 Å². The third-order valence-electron chi connectivity index (χ3n) is 5.63. The maximum absolute atomic E-state index is 13.2. The van der Waals surface area contributed by atoms with Gasteiger partial charge < -0.3 is 19.8 Å². The number of carbonyl (C=O) groups is 1. The highest BCUT2D eigenvalue weighted by Crippen LogP contribution is 2.36. The molecule has 0 spiro atoms. The Hall–Kier alpha value is -3.82. The van der Waals surface area contributed by atoms with Crippen molar-refractivity contribution in [2.45, 2.75) is 25.4 Å². The number of aromatic nitrogens is 4. The molecule has 36 heavy (non-hydrogen) atoms. The number of nitrogens with zero attached hydrogens (tertiary/aromatic N) is 4. The lowest BCUT2D eigenvalue weighted by Crippen LogP contribution is -2.52. The Morgan fingerprint density at radius 1 is 1.06 bits per heavy atom. The van der Waals surface area contributed by atoms with Crippen molar-refractivity contribution in [3.05, 3.63) is 51.8 Å². The number of fused-ring (bicyclic) bond motifs is 1. The third kappa shape index (κ3) is 5.07. The molecule has 0 aromatic carbocycles. The zero-order chi connectivity index (χ0) is 26.3. The quantitative estimate of drug-likeness (QED) is 0.360. The largest absolute Gasteiger partial charge is 0.421 e. The van der Waals surface area contributed by atoms with Crippen molar-refractivity contribution in [2.75, 3.05) is 31.1 Å². The smallest absolute Gasteiger partial charge is 0.351 e. The van der Waals surface area contributed by atoms with Crippen LogP contribution in [0.3, 0.4) is 0 Å². The maximum Gasteiger partial charge on any atom is 0.421 e. The van der Waals surface area contributed by atoms with Gasteiger partial charge in [0.15, 0.2) is 5.82 Å². The van der Waals surface area contributed by atoms with E-state index >= 15 is 0 Å². The van der Waals surface area contributed by atoms with Crippen molar-refractivity contribution in [2.24, 2.45) is 0 Å². The average Bonchev–Trinajstić information content (AvgIpc) is 3.30. The van der Waals surface area contributed by atoms with E-state index in [1.54, 1.807) is 4.90 Å². The summed E-state index contributed by atoms with van der Waals surface area (Å²) in [5.41, 5.74) is -1.62. The predicted octanol–water partition coefficient (Wildman–Crippen LogP) is 3.21. The van der Waals surface area contributed by atoms with Crippen LogP contribution in [0.1, 0.15) is 29.7 Å². The predicted molar refractivity (Wildman–Crippen MR) is 113 cm³/mol. The number of rotatable bonds is 4. The summed E-state index contributed by atoms with van der Waals surface area (Å²) in [5, 5.41) is 0. The van der Waals surface area contributed by atoms with E-state index in [4.69, 9.17) is 4.84 Å². The Labute approximate surface area is 198 Å². The molecule has 3 aromatic rings. The highest BCUT2D eigenvalue weighted by Gasteiger charge is 2.36. The molecule has 1 fully saturated rings. The maximum atomic E-state index is 13.2. The van der Waals surface area contributed by atoms with E-state index in [1.165, 1.54) is 11.8 Å². The first kappa shape index (κ1) is 25.3. The molecule has 0 bridgehead atoms. The van der Waals surface area contributed by atoms with E-state index in [2.05, 4.69) is 20.4 Å². The van der Waals surface area contributed by atoms with Crippen LogP contribution in [0.15, 0.2) is 29.6 Å². The van der Waals surface area contributed by atoms with Gasteiger partial charge in [0.1, 0.15) is 28.3 Å². The molecule has 10 nitrogen and oxygen atoms in total. The Balaban J connectivity index is 1.36. The number of piperazine rings is 1. The number of hydrogen-bond donors (Lipinski definition) is 3. The first-order chi connectivity index (χ1) is 16.9. The molecule has 1 aliphatic rings. The minimum absolute atomic E-state index is 0.0102. The molecule has 2 amide bonds. The number of urea groups is 1. The van der Waals surface area contributed by atoms with Crippen molar-refractivity contribution in [1.29, 1.82) is 0 Å². The minimum Gasteiger partial charge on any atom is -0.351 e. The van der Waals surface area contributed by atoms with Crippen molar-refractivity contribution in [3.63, 3.8) is 0 Å². The van der Waals surface area contributed by atoms with Gasteiger partial charge in [-0.15, -0.1) is 0 Å². The third-order valence-corrected chi connectivity index (χ3v) is 5.63. The van der Waals surface area contributed by atoms with Crippen LogP contribution in [0.2, 0.25) is 0 Å². The molecule has 4 rings (SSSR count). The normalized spacial score (nSPS) is 15.9. The fraction of sp³-hybridized carbons (Fsp3) is 0.400. The second kappa shape index (κ2) is 9.33. The van der Waals surface area contributed by atoms with E-state index < -0.39 is 41.2 Å². The molecule has 0 aliphatic carbocycles. The first-order valence-corrected chi connectivity index (χ1v) is 10.5. The zero-order valence-electron chi connectivity index (χ0n) is 18.5. The van der Waals surface area contributed by atoms with Crippen LogP contribution in [0.4, 0.5) is 37.0 Å². The molecule has 0 unspecified atom stereocenters. The molecule has 16 heteroatoms. The lowest BCUT2D eigenvalue weighted by Gasteiger charge is -2.35. The van der Waals surface area contributed by atoms with Gasteiger partial charge in [-0.05, 0) is 13.0 Å². The summed E-state index contributed by atoms with van der Waals surface area (Å²) in [4.78, 5) is 44.5. The first-order valence-electron chi connectivity index (χ1n) is 10.5. The second-order valence-electron chi connectivity index (χ2n) is 7.93. The zero-order valence-corrected chi connectivity index (χ0v) is 18.5. The Morgan fingerprint density at radius 3 is 2.36 bits per heavy atom. The Kier molecular flexibility index (Phi) is 6.55. The summed E-state index contributed by atoms with van der Waals surface area (Å²) < 4.78 is 78.4. The molecular formula is C20H19F6N7O3. The summed E-state index contributed by atoms with van der Waals surface area (Å²) in [7, 11) is 0. The number of hydroxylamine groups is 1.